The van der Waals surface area contributed by atoms with Gasteiger partial charge in [-0.15, -0.1) is 0 Å². The Hall–Kier alpha value is -0.940. The fourth-order valence-corrected chi connectivity index (χ4v) is 4.37. The summed E-state index contributed by atoms with van der Waals surface area (Å²) >= 11 is 0. The van der Waals surface area contributed by atoms with Crippen LogP contribution in [0.25, 0.3) is 0 Å². The minimum absolute atomic E-state index is 0.0976. The highest BCUT2D eigenvalue weighted by Crippen LogP contribution is 2.31. The third kappa shape index (κ3) is 3.09. The molecule has 0 radical (unpaired) electrons. The van der Waals surface area contributed by atoms with Gasteiger partial charge in [0.1, 0.15) is 0 Å². The Balaban J connectivity index is 2.21. The summed E-state index contributed by atoms with van der Waals surface area (Å²) in [6.07, 6.45) is 2.60. The van der Waals surface area contributed by atoms with Gasteiger partial charge in [0.2, 0.25) is 0 Å². The fraction of sp³-hybridized carbons (Fsp3) is 0.615. The van der Waals surface area contributed by atoms with E-state index in [1.807, 2.05) is 32.2 Å². The maximum atomic E-state index is 11.6. The molecule has 0 bridgehead atoms. The van der Waals surface area contributed by atoms with Crippen LogP contribution >= 0.6 is 0 Å². The first kappa shape index (κ1) is 13.5. The van der Waals surface area contributed by atoms with E-state index in [0.717, 1.165) is 24.2 Å². The van der Waals surface area contributed by atoms with Crippen molar-refractivity contribution < 1.29 is 8.42 Å². The van der Waals surface area contributed by atoms with Gasteiger partial charge in [0.25, 0.3) is 0 Å². The molecule has 2 heterocycles. The molecule has 2 unspecified atom stereocenters. The number of nitrogens with one attached hydrogen (secondary N) is 1. The van der Waals surface area contributed by atoms with Crippen molar-refractivity contribution in [3.63, 3.8) is 0 Å². The second-order valence-corrected chi connectivity index (χ2v) is 7.16. The fourth-order valence-electron chi connectivity index (χ4n) is 2.53. The van der Waals surface area contributed by atoms with Gasteiger partial charge in [-0.05, 0) is 37.4 Å². The van der Waals surface area contributed by atoms with Crippen molar-refractivity contribution in [2.45, 2.75) is 26.3 Å². The van der Waals surface area contributed by atoms with E-state index >= 15 is 0 Å². The Morgan fingerprint density at radius 1 is 1.50 bits per heavy atom. The van der Waals surface area contributed by atoms with E-state index < -0.39 is 9.84 Å². The summed E-state index contributed by atoms with van der Waals surface area (Å²) in [5.74, 6) is 0.775. The molecule has 1 aliphatic heterocycles. The molecule has 5 heteroatoms. The Morgan fingerprint density at radius 2 is 2.28 bits per heavy atom. The van der Waals surface area contributed by atoms with Gasteiger partial charge in [-0.3, -0.25) is 4.98 Å². The maximum Gasteiger partial charge on any atom is 0.150 e. The molecule has 100 valence electrons. The van der Waals surface area contributed by atoms with Crippen LogP contribution in [0.4, 0.5) is 0 Å². The number of rotatable bonds is 4. The molecule has 1 fully saturated rings. The number of aryl methyl sites for hydroxylation is 1. The van der Waals surface area contributed by atoms with E-state index in [-0.39, 0.29) is 12.0 Å². The predicted molar refractivity (Wildman–Crippen MR) is 72.2 cm³/mol. The Labute approximate surface area is 109 Å². The zero-order valence-corrected chi connectivity index (χ0v) is 11.7. The largest absolute Gasteiger partial charge is 0.310 e. The standard InChI is InChI=1S/C13H20N2O2S/c1-3-14-13(11-5-4-10(2)15-8-11)12-6-7-18(16,17)9-12/h4-5,8,12-14H,3,6-7,9H2,1-2H3. The lowest BCUT2D eigenvalue weighted by atomic mass is 9.93. The normalized spacial score (nSPS) is 24.0. The van der Waals surface area contributed by atoms with Gasteiger partial charge in [0.05, 0.1) is 11.5 Å². The molecule has 0 spiro atoms. The summed E-state index contributed by atoms with van der Waals surface area (Å²) in [7, 11) is -2.84. The summed E-state index contributed by atoms with van der Waals surface area (Å²) in [6, 6.07) is 4.12. The summed E-state index contributed by atoms with van der Waals surface area (Å²) in [5.41, 5.74) is 2.07. The van der Waals surface area contributed by atoms with Gasteiger partial charge in [-0.1, -0.05) is 13.0 Å². The molecular formula is C13H20N2O2S. The predicted octanol–water partition coefficient (Wildman–Crippen LogP) is 1.48. The van der Waals surface area contributed by atoms with Gasteiger partial charge in [0.15, 0.2) is 9.84 Å². The van der Waals surface area contributed by atoms with Crippen molar-refractivity contribution in [1.82, 2.24) is 10.3 Å². The lowest BCUT2D eigenvalue weighted by Gasteiger charge is -2.23. The number of nitrogens with zero attached hydrogens (tertiary/aromatic N) is 1. The molecule has 4 nitrogen and oxygen atoms in total. The van der Waals surface area contributed by atoms with E-state index in [2.05, 4.69) is 10.3 Å². The van der Waals surface area contributed by atoms with Crippen LogP contribution in [0, 0.1) is 12.8 Å². The molecule has 2 rings (SSSR count). The van der Waals surface area contributed by atoms with Crippen LogP contribution in [0.3, 0.4) is 0 Å². The summed E-state index contributed by atoms with van der Waals surface area (Å²) in [5, 5.41) is 3.39. The number of hydrogen-bond acceptors (Lipinski definition) is 4. The summed E-state index contributed by atoms with van der Waals surface area (Å²) in [6.45, 7) is 4.82. The molecule has 2 atom stereocenters. The molecule has 1 aromatic heterocycles. The molecule has 1 saturated heterocycles. The minimum atomic E-state index is -2.84. The molecule has 1 N–H and O–H groups in total. The van der Waals surface area contributed by atoms with Crippen LogP contribution in [0.5, 0.6) is 0 Å². The first-order valence-corrected chi connectivity index (χ1v) is 8.20. The SMILES string of the molecule is CCNC(c1ccc(C)nc1)C1CCS(=O)(=O)C1. The third-order valence-corrected chi connectivity index (χ3v) is 5.25. The van der Waals surface area contributed by atoms with Crippen LogP contribution in [-0.2, 0) is 9.84 Å². The van der Waals surface area contributed by atoms with Gasteiger partial charge in [0, 0.05) is 17.9 Å². The van der Waals surface area contributed by atoms with Crippen LogP contribution in [0.2, 0.25) is 0 Å². The molecule has 1 aliphatic rings. The first-order valence-electron chi connectivity index (χ1n) is 6.38. The summed E-state index contributed by atoms with van der Waals surface area (Å²) < 4.78 is 23.2. The minimum Gasteiger partial charge on any atom is -0.310 e. The first-order chi connectivity index (χ1) is 8.52. The van der Waals surface area contributed by atoms with Gasteiger partial charge in [-0.2, -0.15) is 0 Å². The van der Waals surface area contributed by atoms with Crippen molar-refractivity contribution in [1.29, 1.82) is 0 Å². The van der Waals surface area contributed by atoms with E-state index in [4.69, 9.17) is 0 Å². The monoisotopic (exact) mass is 268 g/mol. The van der Waals surface area contributed by atoms with E-state index in [0.29, 0.717) is 11.5 Å². The molecule has 0 aromatic carbocycles. The van der Waals surface area contributed by atoms with Gasteiger partial charge < -0.3 is 5.32 Å². The zero-order valence-electron chi connectivity index (χ0n) is 10.9. The Kier molecular flexibility index (Phi) is 4.02. The highest BCUT2D eigenvalue weighted by atomic mass is 32.2. The number of hydrogen-bond donors (Lipinski definition) is 1. The number of pyridine rings is 1. The molecular weight excluding hydrogens is 248 g/mol. The number of aromatic nitrogens is 1. The van der Waals surface area contributed by atoms with E-state index in [1.54, 1.807) is 0 Å². The van der Waals surface area contributed by atoms with Crippen molar-refractivity contribution in [2.24, 2.45) is 5.92 Å². The van der Waals surface area contributed by atoms with Crippen LogP contribution in [0.1, 0.15) is 30.6 Å². The van der Waals surface area contributed by atoms with Crippen molar-refractivity contribution in [2.75, 3.05) is 18.1 Å². The number of sulfone groups is 1. The van der Waals surface area contributed by atoms with Crippen molar-refractivity contribution in [3.05, 3.63) is 29.6 Å². The van der Waals surface area contributed by atoms with Gasteiger partial charge >= 0.3 is 0 Å². The molecule has 0 aliphatic carbocycles. The molecule has 1 aromatic rings. The Morgan fingerprint density at radius 3 is 2.78 bits per heavy atom. The average Bonchev–Trinajstić information content (AvgIpc) is 2.68. The quantitative estimate of drug-likeness (QED) is 0.898. The van der Waals surface area contributed by atoms with E-state index in [9.17, 15) is 8.42 Å². The molecule has 0 amide bonds. The highest BCUT2D eigenvalue weighted by molar-refractivity contribution is 7.91. The third-order valence-electron chi connectivity index (χ3n) is 3.46. The van der Waals surface area contributed by atoms with Crippen LogP contribution in [0.15, 0.2) is 18.3 Å². The van der Waals surface area contributed by atoms with E-state index in [1.165, 1.54) is 0 Å². The average molecular weight is 268 g/mol. The maximum absolute atomic E-state index is 11.6. The van der Waals surface area contributed by atoms with Crippen molar-refractivity contribution in [3.8, 4) is 0 Å². The van der Waals surface area contributed by atoms with Crippen molar-refractivity contribution >= 4 is 9.84 Å². The summed E-state index contributed by atoms with van der Waals surface area (Å²) in [4.78, 5) is 4.30. The zero-order chi connectivity index (χ0) is 13.2. The Bertz CT molecular complexity index is 496. The van der Waals surface area contributed by atoms with Gasteiger partial charge in [-0.25, -0.2) is 8.42 Å². The lowest BCUT2D eigenvalue weighted by molar-refractivity contribution is 0.399. The lowest BCUT2D eigenvalue weighted by Crippen LogP contribution is -2.29. The highest BCUT2D eigenvalue weighted by Gasteiger charge is 2.34. The van der Waals surface area contributed by atoms with Crippen LogP contribution < -0.4 is 5.32 Å². The smallest absolute Gasteiger partial charge is 0.150 e. The molecule has 18 heavy (non-hydrogen) atoms. The topological polar surface area (TPSA) is 59.1 Å². The second kappa shape index (κ2) is 5.36. The second-order valence-electron chi connectivity index (χ2n) is 4.93. The van der Waals surface area contributed by atoms with Crippen LogP contribution in [-0.4, -0.2) is 31.5 Å². The molecule has 0 saturated carbocycles.